The molecule has 0 saturated heterocycles. The summed E-state index contributed by atoms with van der Waals surface area (Å²) in [5.74, 6) is 0. The Bertz CT molecular complexity index is 2320. The molecule has 0 amide bonds. The van der Waals surface area contributed by atoms with E-state index in [1.807, 2.05) is 75.4 Å². The number of nitrogens with one attached hydrogen (secondary N) is 2. The van der Waals surface area contributed by atoms with E-state index in [2.05, 4.69) is 40.8 Å². The van der Waals surface area contributed by atoms with Crippen molar-refractivity contribution in [2.75, 3.05) is 10.6 Å². The van der Waals surface area contributed by atoms with E-state index in [1.165, 1.54) is 9.36 Å². The summed E-state index contributed by atoms with van der Waals surface area (Å²) in [5.41, 5.74) is 6.30. The van der Waals surface area contributed by atoms with Gasteiger partial charge in [-0.2, -0.15) is 10.2 Å². The van der Waals surface area contributed by atoms with E-state index < -0.39 is 0 Å². The van der Waals surface area contributed by atoms with Crippen molar-refractivity contribution in [3.8, 4) is 22.5 Å². The molecule has 0 saturated carbocycles. The zero-order valence-electron chi connectivity index (χ0n) is 27.3. The first-order chi connectivity index (χ1) is 23.9. The number of aromatic nitrogens is 8. The molecule has 12 nitrogen and oxygen atoms in total. The van der Waals surface area contributed by atoms with Crippen LogP contribution in [0, 0.1) is 6.92 Å². The Kier molecular flexibility index (Phi) is 9.85. The normalized spacial score (nSPS) is 10.7. The van der Waals surface area contributed by atoms with Gasteiger partial charge in [-0.05, 0) is 68.8 Å². The van der Waals surface area contributed by atoms with Crippen LogP contribution in [0.5, 0.6) is 0 Å². The molecule has 0 aliphatic rings. The van der Waals surface area contributed by atoms with Gasteiger partial charge in [-0.1, -0.05) is 24.3 Å². The Morgan fingerprint density at radius 2 is 1.12 bits per heavy atom. The minimum Gasteiger partial charge on any atom is -0.349 e. The van der Waals surface area contributed by atoms with Crippen molar-refractivity contribution in [2.24, 2.45) is 0 Å². The molecule has 7 rings (SSSR count). The van der Waals surface area contributed by atoms with E-state index in [4.69, 9.17) is 0 Å². The Morgan fingerprint density at radius 3 is 1.67 bits per heavy atom. The quantitative estimate of drug-likeness (QED) is 0.190. The van der Waals surface area contributed by atoms with Gasteiger partial charge in [0.05, 0.1) is 35.2 Å². The Hall–Kier alpha value is -6.56. The van der Waals surface area contributed by atoms with Crippen molar-refractivity contribution in [3.05, 3.63) is 143 Å². The van der Waals surface area contributed by atoms with Gasteiger partial charge in [0.15, 0.2) is 0 Å². The van der Waals surface area contributed by atoms with Crippen LogP contribution in [0.4, 0.5) is 22.7 Å². The molecule has 7 aromatic rings. The monoisotopic (exact) mass is 650 g/mol. The maximum absolute atomic E-state index is 12.7. The lowest BCUT2D eigenvalue weighted by atomic mass is 10.1. The summed E-state index contributed by atoms with van der Waals surface area (Å²) in [6, 6.07) is 20.8. The van der Waals surface area contributed by atoms with Gasteiger partial charge in [-0.15, -0.1) is 0 Å². The predicted molar refractivity (Wildman–Crippen MR) is 192 cm³/mol. The van der Waals surface area contributed by atoms with Crippen LogP contribution in [0.3, 0.4) is 0 Å². The van der Waals surface area contributed by atoms with Gasteiger partial charge >= 0.3 is 0 Å². The van der Waals surface area contributed by atoms with Gasteiger partial charge in [0.25, 0.3) is 11.1 Å². The first kappa shape index (κ1) is 32.4. The molecule has 0 aliphatic carbocycles. The average Bonchev–Trinajstić information content (AvgIpc) is 3.15. The fourth-order valence-electron chi connectivity index (χ4n) is 5.10. The number of pyridine rings is 4. The second-order valence-corrected chi connectivity index (χ2v) is 11.0. The third-order valence-electron chi connectivity index (χ3n) is 7.71. The van der Waals surface area contributed by atoms with Gasteiger partial charge in [-0.25, -0.2) is 9.36 Å². The zero-order valence-corrected chi connectivity index (χ0v) is 27.3. The van der Waals surface area contributed by atoms with Crippen molar-refractivity contribution in [1.29, 1.82) is 0 Å². The van der Waals surface area contributed by atoms with Crippen LogP contribution in [0.25, 0.3) is 33.3 Å². The molecular formula is C37H34N10O2. The molecule has 12 heteroatoms. The van der Waals surface area contributed by atoms with Crippen LogP contribution in [-0.4, -0.2) is 39.5 Å². The highest BCUT2D eigenvalue weighted by atomic mass is 16.1. The highest BCUT2D eigenvalue weighted by Gasteiger charge is 2.12. The van der Waals surface area contributed by atoms with Crippen molar-refractivity contribution < 1.29 is 0 Å². The molecule has 6 heterocycles. The maximum Gasteiger partial charge on any atom is 0.290 e. The van der Waals surface area contributed by atoms with Crippen LogP contribution in [-0.2, 0) is 13.1 Å². The number of benzene rings is 1. The lowest BCUT2D eigenvalue weighted by molar-refractivity contribution is 0.621. The molecule has 0 fully saturated rings. The van der Waals surface area contributed by atoms with Crippen molar-refractivity contribution in [2.45, 2.75) is 33.9 Å². The summed E-state index contributed by atoms with van der Waals surface area (Å²) >= 11 is 0. The molecule has 2 N–H and O–H groups in total. The second kappa shape index (κ2) is 14.9. The van der Waals surface area contributed by atoms with Crippen LogP contribution < -0.4 is 21.8 Å². The molecule has 0 radical (unpaired) electrons. The fraction of sp³-hybridized carbons (Fsp3) is 0.135. The summed E-state index contributed by atoms with van der Waals surface area (Å²) in [7, 11) is 0. The smallest absolute Gasteiger partial charge is 0.290 e. The standard InChI is InChI=1S/C20H17N5O.C17H17N5O/c1-2-25-20(26)18(10-17(24-25)15-7-5-9-21-12-15)23-19-13-22-11-14-6-3-4-8-16(14)19;1-3-22-17(23)15(20-16-11-19-8-6-12(16)2)9-14(21-22)13-5-4-7-18-10-13/h3-13,23H,2H2,1H3;4-11,20H,3H2,1-2H3. The first-order valence-corrected chi connectivity index (χ1v) is 15.8. The average molecular weight is 651 g/mol. The number of anilines is 4. The van der Waals surface area contributed by atoms with Crippen LogP contribution in [0.1, 0.15) is 19.4 Å². The molecule has 0 bridgehead atoms. The summed E-state index contributed by atoms with van der Waals surface area (Å²) in [4.78, 5) is 41.8. The first-order valence-electron chi connectivity index (χ1n) is 15.8. The van der Waals surface area contributed by atoms with Crippen LogP contribution >= 0.6 is 0 Å². The summed E-state index contributed by atoms with van der Waals surface area (Å²) < 4.78 is 2.89. The largest absolute Gasteiger partial charge is 0.349 e. The molecule has 0 spiro atoms. The van der Waals surface area contributed by atoms with Gasteiger partial charge in [0, 0.05) is 72.2 Å². The summed E-state index contributed by atoms with van der Waals surface area (Å²) in [6.45, 7) is 6.72. The van der Waals surface area contributed by atoms with E-state index in [1.54, 1.807) is 61.7 Å². The van der Waals surface area contributed by atoms with E-state index in [9.17, 15) is 9.59 Å². The van der Waals surface area contributed by atoms with E-state index >= 15 is 0 Å². The van der Waals surface area contributed by atoms with Gasteiger partial charge in [0.2, 0.25) is 0 Å². The van der Waals surface area contributed by atoms with E-state index in [-0.39, 0.29) is 11.1 Å². The van der Waals surface area contributed by atoms with Crippen molar-refractivity contribution in [3.63, 3.8) is 0 Å². The van der Waals surface area contributed by atoms with Crippen LogP contribution in [0.15, 0.2) is 126 Å². The van der Waals surface area contributed by atoms with E-state index in [0.717, 1.165) is 38.8 Å². The topological polar surface area (TPSA) is 145 Å². The maximum atomic E-state index is 12.7. The predicted octanol–water partition coefficient (Wildman–Crippen LogP) is 6.39. The van der Waals surface area contributed by atoms with Gasteiger partial charge in [-0.3, -0.25) is 29.5 Å². The highest BCUT2D eigenvalue weighted by Crippen LogP contribution is 2.26. The number of rotatable bonds is 8. The Labute approximate surface area is 282 Å². The minimum atomic E-state index is -0.173. The van der Waals surface area contributed by atoms with E-state index in [0.29, 0.717) is 35.9 Å². The third kappa shape index (κ3) is 7.38. The van der Waals surface area contributed by atoms with Gasteiger partial charge in [0.1, 0.15) is 11.4 Å². The van der Waals surface area contributed by atoms with Crippen molar-refractivity contribution >= 4 is 33.5 Å². The SMILES string of the molecule is CCn1nc(-c2cccnc2)cc(Nc2cncc3ccccc23)c1=O.CCn1nc(-c2cccnc2)cc(Nc2cnccc2C)c1=O. The van der Waals surface area contributed by atoms with Crippen molar-refractivity contribution in [1.82, 2.24) is 39.5 Å². The third-order valence-corrected chi connectivity index (χ3v) is 7.71. The summed E-state index contributed by atoms with van der Waals surface area (Å²) in [5, 5.41) is 17.3. The lowest BCUT2D eigenvalue weighted by Crippen LogP contribution is -2.25. The second-order valence-electron chi connectivity index (χ2n) is 11.0. The molecule has 0 atom stereocenters. The number of hydrogen-bond acceptors (Lipinski definition) is 10. The fourth-order valence-corrected chi connectivity index (χ4v) is 5.10. The molecular weight excluding hydrogens is 616 g/mol. The molecule has 244 valence electrons. The molecule has 0 unspecified atom stereocenters. The Balaban J connectivity index is 0.000000171. The minimum absolute atomic E-state index is 0.164. The number of fused-ring (bicyclic) bond motifs is 1. The summed E-state index contributed by atoms with van der Waals surface area (Å²) in [6.07, 6.45) is 13.8. The highest BCUT2D eigenvalue weighted by molar-refractivity contribution is 5.94. The molecule has 49 heavy (non-hydrogen) atoms. The molecule has 6 aromatic heterocycles. The number of aryl methyl sites for hydroxylation is 3. The van der Waals surface area contributed by atoms with Crippen LogP contribution in [0.2, 0.25) is 0 Å². The zero-order chi connectivity index (χ0) is 34.2. The molecule has 0 aliphatic heterocycles. The molecule has 1 aromatic carbocycles. The van der Waals surface area contributed by atoms with Gasteiger partial charge < -0.3 is 10.6 Å². The lowest BCUT2D eigenvalue weighted by Gasteiger charge is -2.12. The number of hydrogen-bond donors (Lipinski definition) is 2. The Morgan fingerprint density at radius 1 is 0.571 bits per heavy atom. The number of nitrogens with zero attached hydrogens (tertiary/aromatic N) is 8.